The van der Waals surface area contributed by atoms with Gasteiger partial charge in [-0.3, -0.25) is 0 Å². The average molecular weight is 557 g/mol. The van der Waals surface area contributed by atoms with E-state index in [0.717, 1.165) is 63.0 Å². The highest BCUT2D eigenvalue weighted by Crippen LogP contribution is 2.40. The lowest BCUT2D eigenvalue weighted by atomic mass is 9.74. The third-order valence-corrected chi connectivity index (χ3v) is 7.05. The molecule has 2 N–H and O–H groups in total. The molecule has 0 atom stereocenters. The summed E-state index contributed by atoms with van der Waals surface area (Å²) in [6.07, 6.45) is 3.00. The average Bonchev–Trinajstić information content (AvgIpc) is 3.45. The maximum Gasteiger partial charge on any atom is 0.231 e. The van der Waals surface area contributed by atoms with Gasteiger partial charge in [0.2, 0.25) is 6.79 Å². The van der Waals surface area contributed by atoms with Crippen molar-refractivity contribution >= 4 is 41.3 Å². The number of thiophene rings is 1. The molecule has 0 saturated carbocycles. The Labute approximate surface area is 205 Å². The van der Waals surface area contributed by atoms with E-state index in [-0.39, 0.29) is 29.4 Å². The van der Waals surface area contributed by atoms with Gasteiger partial charge in [0.25, 0.3) is 0 Å². The molecule has 2 aromatic rings. The van der Waals surface area contributed by atoms with Crippen LogP contribution in [0.25, 0.3) is 0 Å². The third kappa shape index (κ3) is 5.84. The van der Waals surface area contributed by atoms with Crippen LogP contribution in [0, 0.1) is 0 Å². The summed E-state index contributed by atoms with van der Waals surface area (Å²) in [5.74, 6) is 2.52. The van der Waals surface area contributed by atoms with Gasteiger partial charge in [0.05, 0.1) is 6.54 Å². The van der Waals surface area contributed by atoms with E-state index in [2.05, 4.69) is 48.7 Å². The monoisotopic (exact) mass is 557 g/mol. The first-order chi connectivity index (χ1) is 14.7. The number of ether oxygens (including phenoxy) is 3. The molecule has 0 amide bonds. The van der Waals surface area contributed by atoms with Crippen molar-refractivity contribution in [1.29, 1.82) is 0 Å². The first-order valence-corrected chi connectivity index (χ1v) is 11.6. The molecule has 6 nitrogen and oxygen atoms in total. The largest absolute Gasteiger partial charge is 0.454 e. The topological polar surface area (TPSA) is 64.1 Å². The number of rotatable bonds is 7. The van der Waals surface area contributed by atoms with Gasteiger partial charge < -0.3 is 24.8 Å². The predicted molar refractivity (Wildman–Crippen MR) is 136 cm³/mol. The summed E-state index contributed by atoms with van der Waals surface area (Å²) in [5.41, 5.74) is 1.25. The molecule has 0 spiro atoms. The molecule has 0 unspecified atom stereocenters. The van der Waals surface area contributed by atoms with E-state index in [0.29, 0.717) is 13.3 Å². The first-order valence-electron chi connectivity index (χ1n) is 10.8. The number of guanidine groups is 1. The number of aliphatic imine (C=N–C) groups is 1. The molecule has 1 saturated heterocycles. The van der Waals surface area contributed by atoms with Crippen molar-refractivity contribution in [2.45, 2.75) is 45.1 Å². The summed E-state index contributed by atoms with van der Waals surface area (Å²) in [6, 6.07) is 10.7. The Morgan fingerprint density at radius 2 is 1.81 bits per heavy atom. The summed E-state index contributed by atoms with van der Waals surface area (Å²) in [5, 5.41) is 7.00. The van der Waals surface area contributed by atoms with Gasteiger partial charge in [0.15, 0.2) is 17.5 Å². The summed E-state index contributed by atoms with van der Waals surface area (Å²) in [7, 11) is 0. The zero-order chi connectivity index (χ0) is 20.8. The second-order valence-electron chi connectivity index (χ2n) is 7.73. The van der Waals surface area contributed by atoms with Crippen molar-refractivity contribution in [3.63, 3.8) is 0 Å². The number of nitrogens with one attached hydrogen (secondary N) is 2. The van der Waals surface area contributed by atoms with Gasteiger partial charge in [-0.2, -0.15) is 0 Å². The van der Waals surface area contributed by atoms with Crippen LogP contribution in [0.2, 0.25) is 0 Å². The van der Waals surface area contributed by atoms with Crippen LogP contribution in [0.3, 0.4) is 0 Å². The molecule has 2 aliphatic rings. The molecule has 1 aromatic heterocycles. The Kier molecular flexibility index (Phi) is 8.85. The highest BCUT2D eigenvalue weighted by molar-refractivity contribution is 14.0. The molecule has 3 heterocycles. The minimum absolute atomic E-state index is 0. The standard InChI is InChI=1S/C23H31N3O3S.HI/c1-3-18-6-7-19(30-18)14-25-22(24-4-2)26-15-23(9-11-27-12-10-23)17-5-8-20-21(13-17)29-16-28-20;/h5-8,13H,3-4,9-12,14-16H2,1-2H3,(H2,24,25,26);1H. The van der Waals surface area contributed by atoms with Crippen molar-refractivity contribution in [2.24, 2.45) is 4.99 Å². The van der Waals surface area contributed by atoms with Crippen molar-refractivity contribution in [3.05, 3.63) is 45.6 Å². The lowest BCUT2D eigenvalue weighted by Gasteiger charge is -2.38. The second kappa shape index (κ2) is 11.4. The van der Waals surface area contributed by atoms with Crippen LogP contribution in [-0.2, 0) is 23.1 Å². The maximum absolute atomic E-state index is 5.68. The zero-order valence-electron chi connectivity index (χ0n) is 18.2. The van der Waals surface area contributed by atoms with Crippen LogP contribution in [0.1, 0.15) is 42.0 Å². The number of halogens is 1. The van der Waals surface area contributed by atoms with Gasteiger partial charge in [-0.15, -0.1) is 35.3 Å². The van der Waals surface area contributed by atoms with E-state index < -0.39 is 0 Å². The normalized spacial score (nSPS) is 17.2. The molecule has 1 aromatic carbocycles. The van der Waals surface area contributed by atoms with Crippen LogP contribution >= 0.6 is 35.3 Å². The van der Waals surface area contributed by atoms with Crippen molar-refractivity contribution in [2.75, 3.05) is 33.1 Å². The lowest BCUT2D eigenvalue weighted by Crippen LogP contribution is -2.48. The Hall–Kier alpha value is -1.52. The van der Waals surface area contributed by atoms with Gasteiger partial charge >= 0.3 is 0 Å². The van der Waals surface area contributed by atoms with Gasteiger partial charge in [-0.05, 0) is 56.0 Å². The highest BCUT2D eigenvalue weighted by atomic mass is 127. The van der Waals surface area contributed by atoms with Gasteiger partial charge in [-0.1, -0.05) is 13.0 Å². The smallest absolute Gasteiger partial charge is 0.231 e. The predicted octanol–water partition coefficient (Wildman–Crippen LogP) is 4.46. The quantitative estimate of drug-likeness (QED) is 0.299. The van der Waals surface area contributed by atoms with Gasteiger partial charge in [0.1, 0.15) is 0 Å². The second-order valence-corrected chi connectivity index (χ2v) is 8.98. The van der Waals surface area contributed by atoms with E-state index in [9.17, 15) is 0 Å². The Balaban J connectivity index is 0.00000272. The lowest BCUT2D eigenvalue weighted by molar-refractivity contribution is 0.0513. The summed E-state index contributed by atoms with van der Waals surface area (Å²) < 4.78 is 16.8. The molecule has 1 fully saturated rings. The van der Waals surface area contributed by atoms with Crippen molar-refractivity contribution in [3.8, 4) is 11.5 Å². The van der Waals surface area contributed by atoms with Crippen LogP contribution < -0.4 is 20.1 Å². The molecule has 4 rings (SSSR count). The Morgan fingerprint density at radius 3 is 2.55 bits per heavy atom. The Bertz CT molecular complexity index is 881. The van der Waals surface area contributed by atoms with Crippen molar-refractivity contribution < 1.29 is 14.2 Å². The van der Waals surface area contributed by atoms with Crippen molar-refractivity contribution in [1.82, 2.24) is 10.6 Å². The summed E-state index contributed by atoms with van der Waals surface area (Å²) >= 11 is 1.84. The molecular weight excluding hydrogens is 525 g/mol. The minimum atomic E-state index is -0.0201. The minimum Gasteiger partial charge on any atom is -0.454 e. The number of benzene rings is 1. The fourth-order valence-corrected chi connectivity index (χ4v) is 4.89. The molecule has 170 valence electrons. The number of nitrogens with zero attached hydrogens (tertiary/aromatic N) is 1. The summed E-state index contributed by atoms with van der Waals surface area (Å²) in [6.45, 7) is 8.43. The Morgan fingerprint density at radius 1 is 1.03 bits per heavy atom. The number of aryl methyl sites for hydroxylation is 1. The molecular formula is C23H32IN3O3S. The molecule has 31 heavy (non-hydrogen) atoms. The van der Waals surface area contributed by atoms with Gasteiger partial charge in [-0.25, -0.2) is 4.99 Å². The van der Waals surface area contributed by atoms with Gasteiger partial charge in [0, 0.05) is 41.5 Å². The molecule has 8 heteroatoms. The van der Waals surface area contributed by atoms with Crippen LogP contribution in [0.5, 0.6) is 11.5 Å². The number of fused-ring (bicyclic) bond motifs is 1. The third-order valence-electron chi connectivity index (χ3n) is 5.83. The van der Waals surface area contributed by atoms with E-state index in [1.54, 1.807) is 0 Å². The van der Waals surface area contributed by atoms with Crippen LogP contribution in [0.15, 0.2) is 35.3 Å². The molecule has 0 aliphatic carbocycles. The van der Waals surface area contributed by atoms with Crippen LogP contribution in [-0.4, -0.2) is 39.1 Å². The zero-order valence-corrected chi connectivity index (χ0v) is 21.4. The van der Waals surface area contributed by atoms with E-state index in [4.69, 9.17) is 19.2 Å². The number of hydrogen-bond donors (Lipinski definition) is 2. The molecule has 0 bridgehead atoms. The fraction of sp³-hybridized carbons (Fsp3) is 0.522. The maximum atomic E-state index is 5.68. The fourth-order valence-electron chi connectivity index (χ4n) is 4.01. The SMILES string of the molecule is CCNC(=NCc1ccc(CC)s1)NCC1(c2ccc3c(c2)OCO3)CCOCC1.I. The summed E-state index contributed by atoms with van der Waals surface area (Å²) in [4.78, 5) is 7.52. The molecule has 0 radical (unpaired) electrons. The molecule has 2 aliphatic heterocycles. The van der Waals surface area contributed by atoms with E-state index in [1.807, 2.05) is 17.4 Å². The van der Waals surface area contributed by atoms with E-state index in [1.165, 1.54) is 15.3 Å². The highest BCUT2D eigenvalue weighted by Gasteiger charge is 2.35. The van der Waals surface area contributed by atoms with Crippen LogP contribution in [0.4, 0.5) is 0 Å². The first kappa shape index (κ1) is 24.1. The number of hydrogen-bond acceptors (Lipinski definition) is 5. The van der Waals surface area contributed by atoms with E-state index >= 15 is 0 Å².